The Morgan fingerprint density at radius 1 is 1.03 bits per heavy atom. The molecule has 0 saturated carbocycles. The molecule has 8 heteroatoms. The van der Waals surface area contributed by atoms with Gasteiger partial charge in [-0.05, 0) is 49.2 Å². The highest BCUT2D eigenvalue weighted by molar-refractivity contribution is 5.97. The molecule has 1 saturated heterocycles. The van der Waals surface area contributed by atoms with E-state index in [1.165, 1.54) is 0 Å². The van der Waals surface area contributed by atoms with Crippen molar-refractivity contribution in [1.82, 2.24) is 15.0 Å². The normalized spacial score (nSPS) is 16.1. The molecule has 1 aliphatic rings. The fourth-order valence-corrected chi connectivity index (χ4v) is 3.77. The number of aromatic nitrogens is 2. The number of likely N-dealkylation sites (tertiary alicyclic amines) is 1. The minimum atomic E-state index is -0.0842. The summed E-state index contributed by atoms with van der Waals surface area (Å²) in [5, 5.41) is 4.13. The van der Waals surface area contributed by atoms with Crippen LogP contribution in [0.5, 0.6) is 17.2 Å². The molecule has 3 aromatic rings. The minimum Gasteiger partial charge on any atom is -0.497 e. The Labute approximate surface area is 180 Å². The van der Waals surface area contributed by atoms with E-state index in [0.717, 1.165) is 24.2 Å². The molecule has 0 bridgehead atoms. The lowest BCUT2D eigenvalue weighted by Gasteiger charge is -2.31. The molecular formula is C23H25N3O5. The van der Waals surface area contributed by atoms with Crippen LogP contribution in [0, 0.1) is 0 Å². The zero-order valence-electron chi connectivity index (χ0n) is 17.8. The van der Waals surface area contributed by atoms with Gasteiger partial charge in [-0.3, -0.25) is 4.79 Å². The van der Waals surface area contributed by atoms with Gasteiger partial charge in [-0.1, -0.05) is 5.16 Å². The molecule has 0 unspecified atom stereocenters. The second kappa shape index (κ2) is 9.07. The van der Waals surface area contributed by atoms with Gasteiger partial charge in [0.25, 0.3) is 5.91 Å². The third-order valence-electron chi connectivity index (χ3n) is 5.49. The van der Waals surface area contributed by atoms with Crippen LogP contribution in [0.25, 0.3) is 11.4 Å². The monoisotopic (exact) mass is 423 g/mol. The lowest BCUT2D eigenvalue weighted by Crippen LogP contribution is -2.39. The topological polar surface area (TPSA) is 86.9 Å². The number of benzene rings is 2. The Kier molecular flexibility index (Phi) is 6.06. The van der Waals surface area contributed by atoms with Crippen LogP contribution in [0.4, 0.5) is 0 Å². The molecule has 4 rings (SSSR count). The Bertz CT molecular complexity index is 1050. The maximum Gasteiger partial charge on any atom is 0.257 e. The van der Waals surface area contributed by atoms with Crippen molar-refractivity contribution in [1.29, 1.82) is 0 Å². The summed E-state index contributed by atoms with van der Waals surface area (Å²) in [6.07, 6.45) is 1.74. The van der Waals surface area contributed by atoms with Crippen molar-refractivity contribution < 1.29 is 23.5 Å². The van der Waals surface area contributed by atoms with Crippen molar-refractivity contribution in [3.8, 4) is 28.6 Å². The van der Waals surface area contributed by atoms with E-state index in [4.69, 9.17) is 18.7 Å². The molecule has 31 heavy (non-hydrogen) atoms. The van der Waals surface area contributed by atoms with Gasteiger partial charge in [0.2, 0.25) is 11.7 Å². The molecule has 0 N–H and O–H groups in total. The van der Waals surface area contributed by atoms with Crippen LogP contribution < -0.4 is 14.2 Å². The van der Waals surface area contributed by atoms with Crippen LogP contribution in [-0.2, 0) is 0 Å². The molecule has 1 amide bonds. The minimum absolute atomic E-state index is 0.0126. The van der Waals surface area contributed by atoms with E-state index < -0.39 is 0 Å². The predicted molar refractivity (Wildman–Crippen MR) is 114 cm³/mol. The number of nitrogens with zero attached hydrogens (tertiary/aromatic N) is 3. The zero-order chi connectivity index (χ0) is 21.8. The number of carbonyl (C=O) groups excluding carboxylic acids is 1. The van der Waals surface area contributed by atoms with Crippen LogP contribution in [0.1, 0.15) is 35.0 Å². The average molecular weight is 423 g/mol. The van der Waals surface area contributed by atoms with Gasteiger partial charge in [0.1, 0.15) is 17.2 Å². The van der Waals surface area contributed by atoms with Crippen molar-refractivity contribution in [3.05, 3.63) is 53.9 Å². The molecular weight excluding hydrogens is 398 g/mol. The number of amides is 1. The van der Waals surface area contributed by atoms with Gasteiger partial charge in [0.05, 0.1) is 32.8 Å². The standard InChI is InChI=1S/C23H25N3O5/c1-28-17-8-6-15(7-9-17)21-24-22(31-25-21)16-5-4-12-26(14-16)23(27)19-11-10-18(29-2)13-20(19)30-3/h6-11,13,16H,4-5,12,14H2,1-3H3/t16-/m1/s1. The van der Waals surface area contributed by atoms with Gasteiger partial charge in [-0.15, -0.1) is 0 Å². The first-order chi connectivity index (χ1) is 15.1. The molecule has 1 atom stereocenters. The summed E-state index contributed by atoms with van der Waals surface area (Å²) in [6, 6.07) is 12.7. The fraction of sp³-hybridized carbons (Fsp3) is 0.348. The molecule has 162 valence electrons. The maximum absolute atomic E-state index is 13.2. The molecule has 1 aliphatic heterocycles. The van der Waals surface area contributed by atoms with Crippen LogP contribution in [0.3, 0.4) is 0 Å². The van der Waals surface area contributed by atoms with Gasteiger partial charge in [-0.2, -0.15) is 4.98 Å². The number of methoxy groups -OCH3 is 3. The van der Waals surface area contributed by atoms with Gasteiger partial charge in [-0.25, -0.2) is 0 Å². The number of ether oxygens (including phenoxy) is 3. The number of hydrogen-bond acceptors (Lipinski definition) is 7. The first kappa shape index (κ1) is 20.7. The van der Waals surface area contributed by atoms with Gasteiger partial charge >= 0.3 is 0 Å². The first-order valence-corrected chi connectivity index (χ1v) is 10.1. The van der Waals surface area contributed by atoms with Gasteiger partial charge in [0, 0.05) is 24.7 Å². The molecule has 0 aliphatic carbocycles. The van der Waals surface area contributed by atoms with Gasteiger partial charge < -0.3 is 23.6 Å². The third-order valence-corrected chi connectivity index (χ3v) is 5.49. The molecule has 8 nitrogen and oxygen atoms in total. The average Bonchev–Trinajstić information content (AvgIpc) is 3.33. The quantitative estimate of drug-likeness (QED) is 0.596. The van der Waals surface area contributed by atoms with Crippen LogP contribution >= 0.6 is 0 Å². The second-order valence-corrected chi connectivity index (χ2v) is 7.34. The highest BCUT2D eigenvalue weighted by Crippen LogP contribution is 2.31. The Morgan fingerprint density at radius 3 is 2.48 bits per heavy atom. The number of piperidine rings is 1. The number of carbonyl (C=O) groups is 1. The van der Waals surface area contributed by atoms with Crippen LogP contribution in [0.2, 0.25) is 0 Å². The van der Waals surface area contributed by atoms with Gasteiger partial charge in [0.15, 0.2) is 0 Å². The summed E-state index contributed by atoms with van der Waals surface area (Å²) >= 11 is 0. The smallest absolute Gasteiger partial charge is 0.257 e. The Hall–Kier alpha value is -3.55. The molecule has 0 radical (unpaired) electrons. The molecule has 0 spiro atoms. The van der Waals surface area contributed by atoms with Crippen molar-refractivity contribution in [2.75, 3.05) is 34.4 Å². The summed E-state index contributed by atoms with van der Waals surface area (Å²) < 4.78 is 21.4. The molecule has 2 aromatic carbocycles. The van der Waals surface area contributed by atoms with E-state index in [1.54, 1.807) is 39.5 Å². The molecule has 1 aromatic heterocycles. The molecule has 2 heterocycles. The summed E-state index contributed by atoms with van der Waals surface area (Å²) in [5.41, 5.74) is 1.36. The zero-order valence-corrected chi connectivity index (χ0v) is 17.8. The van der Waals surface area contributed by atoms with Crippen LogP contribution in [-0.4, -0.2) is 55.4 Å². The molecule has 1 fully saturated rings. The second-order valence-electron chi connectivity index (χ2n) is 7.34. The maximum atomic E-state index is 13.2. The highest BCUT2D eigenvalue weighted by atomic mass is 16.5. The number of rotatable bonds is 6. The third kappa shape index (κ3) is 4.33. The largest absolute Gasteiger partial charge is 0.497 e. The summed E-state index contributed by atoms with van der Waals surface area (Å²) in [6.45, 7) is 1.18. The SMILES string of the molecule is COc1ccc(-c2noc([C@@H]3CCCN(C(=O)c4ccc(OC)cc4OC)C3)n2)cc1. The summed E-state index contributed by atoms with van der Waals surface area (Å²) in [4.78, 5) is 19.6. The van der Waals surface area contributed by atoms with Crippen LogP contribution in [0.15, 0.2) is 47.0 Å². The summed E-state index contributed by atoms with van der Waals surface area (Å²) in [5.74, 6) is 2.87. The van der Waals surface area contributed by atoms with E-state index in [9.17, 15) is 4.79 Å². The highest BCUT2D eigenvalue weighted by Gasteiger charge is 2.30. The first-order valence-electron chi connectivity index (χ1n) is 10.1. The van der Waals surface area contributed by atoms with Crippen molar-refractivity contribution in [3.63, 3.8) is 0 Å². The Balaban J connectivity index is 1.50. The lowest BCUT2D eigenvalue weighted by atomic mass is 9.97. The lowest BCUT2D eigenvalue weighted by molar-refractivity contribution is 0.0692. The van der Waals surface area contributed by atoms with E-state index >= 15 is 0 Å². The fourth-order valence-electron chi connectivity index (χ4n) is 3.77. The number of hydrogen-bond donors (Lipinski definition) is 0. The summed E-state index contributed by atoms with van der Waals surface area (Å²) in [7, 11) is 4.75. The Morgan fingerprint density at radius 2 is 1.77 bits per heavy atom. The van der Waals surface area contributed by atoms with Crippen molar-refractivity contribution >= 4 is 5.91 Å². The van der Waals surface area contributed by atoms with E-state index in [2.05, 4.69) is 10.1 Å². The van der Waals surface area contributed by atoms with E-state index in [-0.39, 0.29) is 11.8 Å². The van der Waals surface area contributed by atoms with E-state index in [0.29, 0.717) is 41.9 Å². The van der Waals surface area contributed by atoms with Crippen molar-refractivity contribution in [2.45, 2.75) is 18.8 Å². The van der Waals surface area contributed by atoms with E-state index in [1.807, 2.05) is 29.2 Å². The van der Waals surface area contributed by atoms with Crippen molar-refractivity contribution in [2.24, 2.45) is 0 Å². The predicted octanol–water partition coefficient (Wildman–Crippen LogP) is 3.78.